The summed E-state index contributed by atoms with van der Waals surface area (Å²) in [6.07, 6.45) is 10.8. The van der Waals surface area contributed by atoms with Crippen LogP contribution in [0.1, 0.15) is 70.3 Å². The average molecular weight is 473 g/mol. The number of nitrogens with one attached hydrogen (secondary N) is 1. The second kappa shape index (κ2) is 13.6. The molecule has 2 saturated carbocycles. The van der Waals surface area contributed by atoms with Gasteiger partial charge in [0.1, 0.15) is 6.10 Å². The fourth-order valence-electron chi connectivity index (χ4n) is 5.98. The minimum atomic E-state index is -0.360. The Kier molecular flexibility index (Phi) is 10.2. The number of nitrogens with zero attached hydrogens (tertiary/aromatic N) is 1. The van der Waals surface area contributed by atoms with Gasteiger partial charge in [-0.05, 0) is 63.4 Å². The third kappa shape index (κ3) is 7.51. The lowest BCUT2D eigenvalue weighted by atomic mass is 9.83. The van der Waals surface area contributed by atoms with Crippen LogP contribution in [-0.4, -0.2) is 68.1 Å². The predicted octanol–water partition coefficient (Wildman–Crippen LogP) is 4.32. The van der Waals surface area contributed by atoms with E-state index >= 15 is 0 Å². The van der Waals surface area contributed by atoms with Gasteiger partial charge < -0.3 is 19.5 Å². The number of amides is 1. The Balaban J connectivity index is 1.14. The molecule has 1 saturated heterocycles. The summed E-state index contributed by atoms with van der Waals surface area (Å²) in [5.74, 6) is 0.539. The van der Waals surface area contributed by atoms with Crippen LogP contribution in [0.3, 0.4) is 0 Å². The minimum absolute atomic E-state index is 0.00982. The molecule has 190 valence electrons. The molecule has 34 heavy (non-hydrogen) atoms. The van der Waals surface area contributed by atoms with Crippen molar-refractivity contribution in [3.63, 3.8) is 0 Å². The molecule has 1 heterocycles. The Labute approximate surface area is 205 Å². The minimum Gasteiger partial charge on any atom is -0.377 e. The molecule has 6 nitrogen and oxygen atoms in total. The van der Waals surface area contributed by atoms with E-state index in [1.165, 1.54) is 25.7 Å². The molecule has 1 N–H and O–H groups in total. The lowest BCUT2D eigenvalue weighted by molar-refractivity contribution is -0.134. The molecule has 3 fully saturated rings. The lowest BCUT2D eigenvalue weighted by Gasteiger charge is -2.44. The van der Waals surface area contributed by atoms with Crippen molar-refractivity contribution in [2.24, 2.45) is 5.92 Å². The normalized spacial score (nSPS) is 28.7. The van der Waals surface area contributed by atoms with Crippen LogP contribution < -0.4 is 5.32 Å². The fourth-order valence-corrected chi connectivity index (χ4v) is 5.98. The second-order valence-electron chi connectivity index (χ2n) is 10.2. The molecule has 3 aliphatic rings. The largest absolute Gasteiger partial charge is 0.377 e. The van der Waals surface area contributed by atoms with Crippen molar-refractivity contribution < 1.29 is 19.0 Å². The van der Waals surface area contributed by atoms with Crippen LogP contribution in [-0.2, 0) is 25.5 Å². The fraction of sp³-hybridized carbons (Fsp3) is 0.750. The monoisotopic (exact) mass is 472 g/mol. The molecule has 4 rings (SSSR count). The Hall–Kier alpha value is -1.47. The predicted molar refractivity (Wildman–Crippen MR) is 134 cm³/mol. The molecule has 0 aromatic heterocycles. The van der Waals surface area contributed by atoms with E-state index in [0.29, 0.717) is 37.3 Å². The smallest absolute Gasteiger partial charge is 0.249 e. The highest BCUT2D eigenvalue weighted by atomic mass is 16.5. The van der Waals surface area contributed by atoms with Gasteiger partial charge in [-0.2, -0.15) is 0 Å². The first-order chi connectivity index (χ1) is 16.7. The van der Waals surface area contributed by atoms with Crippen LogP contribution >= 0.6 is 0 Å². The number of rotatable bonds is 11. The zero-order valence-corrected chi connectivity index (χ0v) is 21.0. The van der Waals surface area contributed by atoms with E-state index in [1.807, 2.05) is 37.3 Å². The summed E-state index contributed by atoms with van der Waals surface area (Å²) in [7, 11) is 0. The van der Waals surface area contributed by atoms with Crippen molar-refractivity contribution in [2.45, 2.75) is 95.6 Å². The maximum absolute atomic E-state index is 12.8. The molecule has 6 heteroatoms. The average Bonchev–Trinajstić information content (AvgIpc) is 2.89. The number of benzene rings is 1. The molecule has 0 bridgehead atoms. The summed E-state index contributed by atoms with van der Waals surface area (Å²) in [6, 6.07) is 10.6. The van der Waals surface area contributed by atoms with E-state index < -0.39 is 0 Å². The van der Waals surface area contributed by atoms with Gasteiger partial charge in [0.15, 0.2) is 0 Å². The first-order valence-electron chi connectivity index (χ1n) is 13.6. The Morgan fingerprint density at radius 1 is 1.12 bits per heavy atom. The van der Waals surface area contributed by atoms with Crippen LogP contribution in [0.15, 0.2) is 30.3 Å². The van der Waals surface area contributed by atoms with Gasteiger partial charge in [0, 0.05) is 32.3 Å². The van der Waals surface area contributed by atoms with Gasteiger partial charge in [-0.15, -0.1) is 0 Å². The number of carbonyl (C=O) groups excluding carboxylic acids is 1. The molecule has 2 aliphatic carbocycles. The highest BCUT2D eigenvalue weighted by molar-refractivity contribution is 5.80. The number of carbonyl (C=O) groups is 1. The maximum atomic E-state index is 12.8. The maximum Gasteiger partial charge on any atom is 0.249 e. The van der Waals surface area contributed by atoms with Gasteiger partial charge in [-0.1, -0.05) is 43.2 Å². The van der Waals surface area contributed by atoms with Crippen LogP contribution in [0.2, 0.25) is 0 Å². The molecule has 1 amide bonds. The summed E-state index contributed by atoms with van der Waals surface area (Å²) in [5.41, 5.74) is 1.11. The Morgan fingerprint density at radius 3 is 2.71 bits per heavy atom. The summed E-state index contributed by atoms with van der Waals surface area (Å²) in [5, 5.41) is 3.06. The molecule has 1 aromatic rings. The Morgan fingerprint density at radius 2 is 1.91 bits per heavy atom. The van der Waals surface area contributed by atoms with Gasteiger partial charge in [-0.3, -0.25) is 9.69 Å². The lowest BCUT2D eigenvalue weighted by Crippen LogP contribution is -2.53. The van der Waals surface area contributed by atoms with E-state index in [1.54, 1.807) is 0 Å². The molecule has 0 radical (unpaired) electrons. The van der Waals surface area contributed by atoms with E-state index in [0.717, 1.165) is 64.0 Å². The van der Waals surface area contributed by atoms with E-state index in [2.05, 4.69) is 10.2 Å². The molecule has 0 spiro atoms. The third-order valence-electron chi connectivity index (χ3n) is 7.89. The molecule has 1 aromatic carbocycles. The molecular weight excluding hydrogens is 428 g/mol. The van der Waals surface area contributed by atoms with Crippen molar-refractivity contribution in [1.29, 1.82) is 0 Å². The SMILES string of the molecule is CCOC(CC1CCC(OCCN2CCOC3CCCCC32)CC1)C(=O)NCc1ccccc1. The van der Waals surface area contributed by atoms with Crippen molar-refractivity contribution in [3.05, 3.63) is 35.9 Å². The van der Waals surface area contributed by atoms with Crippen LogP contribution in [0, 0.1) is 5.92 Å². The zero-order valence-electron chi connectivity index (χ0n) is 21.0. The summed E-state index contributed by atoms with van der Waals surface area (Å²) >= 11 is 0. The van der Waals surface area contributed by atoms with Crippen molar-refractivity contribution >= 4 is 5.91 Å². The molecule has 1 aliphatic heterocycles. The van der Waals surface area contributed by atoms with Crippen LogP contribution in [0.25, 0.3) is 0 Å². The van der Waals surface area contributed by atoms with Crippen molar-refractivity contribution in [3.8, 4) is 0 Å². The molecule has 3 atom stereocenters. The summed E-state index contributed by atoms with van der Waals surface area (Å²) < 4.78 is 18.1. The van der Waals surface area contributed by atoms with Gasteiger partial charge in [-0.25, -0.2) is 0 Å². The molecular formula is C28H44N2O4. The summed E-state index contributed by atoms with van der Waals surface area (Å²) in [6.45, 7) is 6.83. The number of morpholine rings is 1. The summed E-state index contributed by atoms with van der Waals surface area (Å²) in [4.78, 5) is 15.4. The van der Waals surface area contributed by atoms with E-state index in [4.69, 9.17) is 14.2 Å². The standard InChI is InChI=1S/C28H44N2O4/c1-2-32-27(28(31)29-21-23-8-4-3-5-9-23)20-22-12-14-24(15-13-22)33-18-16-30-17-19-34-26-11-7-6-10-25(26)30/h3-5,8-9,22,24-27H,2,6-7,10-21H2,1H3,(H,29,31). The number of hydrogen-bond acceptors (Lipinski definition) is 5. The van der Waals surface area contributed by atoms with Gasteiger partial charge in [0.05, 0.1) is 25.4 Å². The second-order valence-corrected chi connectivity index (χ2v) is 10.2. The highest BCUT2D eigenvalue weighted by Gasteiger charge is 2.34. The highest BCUT2D eigenvalue weighted by Crippen LogP contribution is 2.31. The first-order valence-corrected chi connectivity index (χ1v) is 13.6. The Bertz CT molecular complexity index is 720. The van der Waals surface area contributed by atoms with E-state index in [-0.39, 0.29) is 12.0 Å². The zero-order chi connectivity index (χ0) is 23.6. The van der Waals surface area contributed by atoms with Crippen LogP contribution in [0.4, 0.5) is 0 Å². The number of fused-ring (bicyclic) bond motifs is 1. The topological polar surface area (TPSA) is 60.0 Å². The van der Waals surface area contributed by atoms with Gasteiger partial charge >= 0.3 is 0 Å². The van der Waals surface area contributed by atoms with E-state index in [9.17, 15) is 4.79 Å². The third-order valence-corrected chi connectivity index (χ3v) is 7.89. The van der Waals surface area contributed by atoms with Gasteiger partial charge in [0.2, 0.25) is 5.91 Å². The number of hydrogen-bond donors (Lipinski definition) is 1. The quantitative estimate of drug-likeness (QED) is 0.520. The molecule has 3 unspecified atom stereocenters. The number of ether oxygens (including phenoxy) is 3. The van der Waals surface area contributed by atoms with Gasteiger partial charge in [0.25, 0.3) is 0 Å². The van der Waals surface area contributed by atoms with Crippen LogP contribution in [0.5, 0.6) is 0 Å². The van der Waals surface area contributed by atoms with Crippen molar-refractivity contribution in [2.75, 3.05) is 32.9 Å². The van der Waals surface area contributed by atoms with Crippen molar-refractivity contribution in [1.82, 2.24) is 10.2 Å². The first kappa shape index (κ1) is 25.6.